The van der Waals surface area contributed by atoms with Crippen molar-refractivity contribution in [2.24, 2.45) is 11.8 Å². The Bertz CT molecular complexity index is 327. The quantitative estimate of drug-likeness (QED) is 0.761. The molecule has 2 aliphatic carbocycles. The van der Waals surface area contributed by atoms with E-state index in [1.807, 2.05) is 9.80 Å². The highest BCUT2D eigenvalue weighted by Crippen LogP contribution is 2.30. The standard InChI is InChI=1S/C15H24N2O2/c18-14(12-4-1-5-12)16-8-3-9-17(11-10-16)15(19)13-6-2-7-13/h12-13H,1-11H2. The van der Waals surface area contributed by atoms with Gasteiger partial charge in [0.15, 0.2) is 0 Å². The van der Waals surface area contributed by atoms with Crippen LogP contribution in [0.2, 0.25) is 0 Å². The van der Waals surface area contributed by atoms with Gasteiger partial charge in [0.05, 0.1) is 0 Å². The third-order valence-corrected chi connectivity index (χ3v) is 5.03. The molecule has 1 aliphatic heterocycles. The monoisotopic (exact) mass is 264 g/mol. The number of rotatable bonds is 2. The lowest BCUT2D eigenvalue weighted by atomic mass is 9.84. The lowest BCUT2D eigenvalue weighted by molar-refractivity contribution is -0.140. The molecule has 0 spiro atoms. The molecule has 0 aromatic rings. The molecular weight excluding hydrogens is 240 g/mol. The minimum Gasteiger partial charge on any atom is -0.341 e. The molecule has 0 atom stereocenters. The fraction of sp³-hybridized carbons (Fsp3) is 0.867. The van der Waals surface area contributed by atoms with Crippen LogP contribution in [-0.2, 0) is 9.59 Å². The maximum Gasteiger partial charge on any atom is 0.225 e. The van der Waals surface area contributed by atoms with E-state index in [2.05, 4.69) is 0 Å². The van der Waals surface area contributed by atoms with E-state index in [-0.39, 0.29) is 11.8 Å². The van der Waals surface area contributed by atoms with E-state index in [9.17, 15) is 9.59 Å². The molecule has 1 saturated heterocycles. The number of nitrogens with zero attached hydrogens (tertiary/aromatic N) is 2. The summed E-state index contributed by atoms with van der Waals surface area (Å²) in [5.41, 5.74) is 0. The van der Waals surface area contributed by atoms with Crippen LogP contribution in [0, 0.1) is 11.8 Å². The zero-order valence-corrected chi connectivity index (χ0v) is 11.6. The van der Waals surface area contributed by atoms with E-state index in [4.69, 9.17) is 0 Å². The SMILES string of the molecule is O=C(C1CCC1)N1CCCN(C(=O)C2CCC2)CC1. The summed E-state index contributed by atoms with van der Waals surface area (Å²) in [5.74, 6) is 1.25. The van der Waals surface area contributed by atoms with Crippen molar-refractivity contribution in [2.75, 3.05) is 26.2 Å². The zero-order chi connectivity index (χ0) is 13.2. The van der Waals surface area contributed by atoms with Gasteiger partial charge in [0.1, 0.15) is 0 Å². The summed E-state index contributed by atoms with van der Waals surface area (Å²) in [5, 5.41) is 0. The van der Waals surface area contributed by atoms with Crippen LogP contribution in [0.3, 0.4) is 0 Å². The van der Waals surface area contributed by atoms with E-state index < -0.39 is 0 Å². The second-order valence-corrected chi connectivity index (χ2v) is 6.26. The van der Waals surface area contributed by atoms with Crippen LogP contribution in [0.25, 0.3) is 0 Å². The van der Waals surface area contributed by atoms with Crippen molar-refractivity contribution in [3.05, 3.63) is 0 Å². The lowest BCUT2D eigenvalue weighted by Crippen LogP contribution is -2.43. The van der Waals surface area contributed by atoms with E-state index in [1.165, 1.54) is 12.8 Å². The number of hydrogen-bond acceptors (Lipinski definition) is 2. The third kappa shape index (κ3) is 2.63. The maximum absolute atomic E-state index is 12.2. The number of amides is 2. The Kier molecular flexibility index (Phi) is 3.76. The summed E-state index contributed by atoms with van der Waals surface area (Å²) in [6.07, 6.45) is 7.63. The van der Waals surface area contributed by atoms with Gasteiger partial charge in [-0.15, -0.1) is 0 Å². The lowest BCUT2D eigenvalue weighted by Gasteiger charge is -2.32. The molecule has 106 valence electrons. The van der Waals surface area contributed by atoms with Gasteiger partial charge in [0.25, 0.3) is 0 Å². The average molecular weight is 264 g/mol. The molecule has 4 heteroatoms. The molecule has 3 aliphatic rings. The predicted octanol–water partition coefficient (Wildman–Crippen LogP) is 1.65. The van der Waals surface area contributed by atoms with Gasteiger partial charge in [-0.05, 0) is 32.1 Å². The Morgan fingerprint density at radius 1 is 0.632 bits per heavy atom. The Morgan fingerprint density at radius 2 is 1.05 bits per heavy atom. The Labute approximate surface area is 115 Å². The second-order valence-electron chi connectivity index (χ2n) is 6.26. The highest BCUT2D eigenvalue weighted by atomic mass is 16.2. The molecule has 19 heavy (non-hydrogen) atoms. The van der Waals surface area contributed by atoms with E-state index in [1.54, 1.807) is 0 Å². The van der Waals surface area contributed by atoms with Crippen molar-refractivity contribution in [1.29, 1.82) is 0 Å². The van der Waals surface area contributed by atoms with Gasteiger partial charge in [-0.1, -0.05) is 12.8 Å². The molecule has 3 rings (SSSR count). The fourth-order valence-corrected chi connectivity index (χ4v) is 3.19. The molecule has 0 unspecified atom stereocenters. The van der Waals surface area contributed by atoms with Crippen LogP contribution < -0.4 is 0 Å². The highest BCUT2D eigenvalue weighted by Gasteiger charge is 2.33. The smallest absolute Gasteiger partial charge is 0.225 e. The van der Waals surface area contributed by atoms with Crippen molar-refractivity contribution in [3.63, 3.8) is 0 Å². The number of carbonyl (C=O) groups is 2. The van der Waals surface area contributed by atoms with Gasteiger partial charge < -0.3 is 9.80 Å². The van der Waals surface area contributed by atoms with Crippen molar-refractivity contribution in [1.82, 2.24) is 9.80 Å². The van der Waals surface area contributed by atoms with E-state index >= 15 is 0 Å². The number of carbonyl (C=O) groups excluding carboxylic acids is 2. The van der Waals surface area contributed by atoms with Crippen molar-refractivity contribution >= 4 is 11.8 Å². The first-order chi connectivity index (χ1) is 9.25. The minimum absolute atomic E-state index is 0.286. The van der Waals surface area contributed by atoms with Gasteiger partial charge in [-0.2, -0.15) is 0 Å². The summed E-state index contributed by atoms with van der Waals surface area (Å²) in [4.78, 5) is 28.5. The van der Waals surface area contributed by atoms with E-state index in [0.29, 0.717) is 11.8 Å². The molecule has 2 saturated carbocycles. The zero-order valence-electron chi connectivity index (χ0n) is 11.6. The van der Waals surface area contributed by atoms with Crippen molar-refractivity contribution < 1.29 is 9.59 Å². The van der Waals surface area contributed by atoms with Crippen LogP contribution in [0.15, 0.2) is 0 Å². The molecule has 0 N–H and O–H groups in total. The molecule has 4 nitrogen and oxygen atoms in total. The predicted molar refractivity (Wildman–Crippen MR) is 72.5 cm³/mol. The summed E-state index contributed by atoms with van der Waals surface area (Å²) in [6.45, 7) is 3.16. The van der Waals surface area contributed by atoms with Crippen molar-refractivity contribution in [3.8, 4) is 0 Å². The van der Waals surface area contributed by atoms with Crippen LogP contribution in [0.1, 0.15) is 44.9 Å². The third-order valence-electron chi connectivity index (χ3n) is 5.03. The summed E-state index contributed by atoms with van der Waals surface area (Å²) in [6, 6.07) is 0. The first-order valence-electron chi connectivity index (χ1n) is 7.83. The summed E-state index contributed by atoms with van der Waals surface area (Å²) in [7, 11) is 0. The minimum atomic E-state index is 0.286. The molecule has 0 bridgehead atoms. The van der Waals surface area contributed by atoms with Crippen LogP contribution in [-0.4, -0.2) is 47.8 Å². The maximum atomic E-state index is 12.2. The molecule has 0 radical (unpaired) electrons. The van der Waals surface area contributed by atoms with Crippen LogP contribution in [0.4, 0.5) is 0 Å². The van der Waals surface area contributed by atoms with Crippen LogP contribution >= 0.6 is 0 Å². The van der Waals surface area contributed by atoms with Gasteiger partial charge >= 0.3 is 0 Å². The number of hydrogen-bond donors (Lipinski definition) is 0. The first-order valence-corrected chi connectivity index (χ1v) is 7.83. The fourth-order valence-electron chi connectivity index (χ4n) is 3.19. The molecular formula is C15H24N2O2. The van der Waals surface area contributed by atoms with Gasteiger partial charge in [-0.25, -0.2) is 0 Å². The van der Waals surface area contributed by atoms with Crippen molar-refractivity contribution in [2.45, 2.75) is 44.9 Å². The van der Waals surface area contributed by atoms with E-state index in [0.717, 1.165) is 58.3 Å². The Balaban J connectivity index is 1.52. The normalized spacial score (nSPS) is 25.5. The Hall–Kier alpha value is -1.06. The topological polar surface area (TPSA) is 40.6 Å². The van der Waals surface area contributed by atoms with Gasteiger partial charge in [-0.3, -0.25) is 9.59 Å². The second kappa shape index (κ2) is 5.51. The largest absolute Gasteiger partial charge is 0.341 e. The Morgan fingerprint density at radius 3 is 1.37 bits per heavy atom. The van der Waals surface area contributed by atoms with Gasteiger partial charge in [0.2, 0.25) is 11.8 Å². The molecule has 3 fully saturated rings. The van der Waals surface area contributed by atoms with Crippen LogP contribution in [0.5, 0.6) is 0 Å². The molecule has 1 heterocycles. The first kappa shape index (κ1) is 12.9. The average Bonchev–Trinajstić information content (AvgIpc) is 2.49. The highest BCUT2D eigenvalue weighted by molar-refractivity contribution is 5.81. The molecule has 0 aromatic heterocycles. The molecule has 2 amide bonds. The summed E-state index contributed by atoms with van der Waals surface area (Å²) < 4.78 is 0. The molecule has 0 aromatic carbocycles. The summed E-state index contributed by atoms with van der Waals surface area (Å²) >= 11 is 0. The van der Waals surface area contributed by atoms with Gasteiger partial charge in [0, 0.05) is 38.0 Å².